The summed E-state index contributed by atoms with van der Waals surface area (Å²) in [6.07, 6.45) is 0. The van der Waals surface area contributed by atoms with Gasteiger partial charge in [0.15, 0.2) is 6.61 Å². The molecule has 0 spiro atoms. The van der Waals surface area contributed by atoms with Gasteiger partial charge in [0, 0.05) is 5.02 Å². The Morgan fingerprint density at radius 2 is 1.72 bits per heavy atom. The minimum Gasteiger partial charge on any atom is -0.491 e. The SMILES string of the molecule is Cc1ccccc1OCC(C)NC(=O)COc1cc(C)c(Cl)c(C)c1. The summed E-state index contributed by atoms with van der Waals surface area (Å²) in [6, 6.07) is 11.3. The largest absolute Gasteiger partial charge is 0.491 e. The third-order valence-corrected chi connectivity index (χ3v) is 4.37. The maximum absolute atomic E-state index is 12.0. The lowest BCUT2D eigenvalue weighted by Gasteiger charge is -2.16. The van der Waals surface area contributed by atoms with E-state index >= 15 is 0 Å². The molecule has 5 heteroatoms. The first-order valence-corrected chi connectivity index (χ1v) is 8.62. The zero-order chi connectivity index (χ0) is 18.4. The van der Waals surface area contributed by atoms with Crippen LogP contribution in [-0.4, -0.2) is 25.2 Å². The molecule has 1 N–H and O–H groups in total. The Bertz CT molecular complexity index is 722. The molecule has 1 unspecified atom stereocenters. The van der Waals surface area contributed by atoms with E-state index < -0.39 is 0 Å². The van der Waals surface area contributed by atoms with Crippen LogP contribution in [0.25, 0.3) is 0 Å². The number of rotatable bonds is 7. The van der Waals surface area contributed by atoms with Crippen LogP contribution in [0.1, 0.15) is 23.6 Å². The van der Waals surface area contributed by atoms with Gasteiger partial charge >= 0.3 is 0 Å². The molecule has 4 nitrogen and oxygen atoms in total. The second-order valence-electron chi connectivity index (χ2n) is 6.20. The predicted molar refractivity (Wildman–Crippen MR) is 101 cm³/mol. The Labute approximate surface area is 154 Å². The molecule has 0 saturated heterocycles. The molecule has 1 amide bonds. The molecule has 0 aliphatic rings. The molecule has 0 heterocycles. The zero-order valence-corrected chi connectivity index (χ0v) is 15.8. The number of halogens is 1. The number of amides is 1. The van der Waals surface area contributed by atoms with Crippen LogP contribution >= 0.6 is 11.6 Å². The van der Waals surface area contributed by atoms with E-state index in [4.69, 9.17) is 21.1 Å². The van der Waals surface area contributed by atoms with E-state index in [0.717, 1.165) is 27.5 Å². The molecule has 2 aromatic carbocycles. The van der Waals surface area contributed by atoms with Crippen molar-refractivity contribution in [2.45, 2.75) is 33.7 Å². The van der Waals surface area contributed by atoms with Crippen molar-refractivity contribution in [3.63, 3.8) is 0 Å². The average molecular weight is 362 g/mol. The number of carbonyl (C=O) groups is 1. The second-order valence-corrected chi connectivity index (χ2v) is 6.58. The van der Waals surface area contributed by atoms with Crippen LogP contribution in [0.15, 0.2) is 36.4 Å². The van der Waals surface area contributed by atoms with Crippen molar-refractivity contribution in [1.82, 2.24) is 5.32 Å². The van der Waals surface area contributed by atoms with Crippen molar-refractivity contribution in [2.75, 3.05) is 13.2 Å². The molecule has 134 valence electrons. The number of nitrogens with one attached hydrogen (secondary N) is 1. The van der Waals surface area contributed by atoms with Gasteiger partial charge in [-0.25, -0.2) is 0 Å². The molecule has 0 fully saturated rings. The topological polar surface area (TPSA) is 47.6 Å². The quantitative estimate of drug-likeness (QED) is 0.802. The zero-order valence-electron chi connectivity index (χ0n) is 15.1. The van der Waals surface area contributed by atoms with Gasteiger partial charge in [-0.15, -0.1) is 0 Å². The molecule has 0 aliphatic carbocycles. The monoisotopic (exact) mass is 361 g/mol. The van der Waals surface area contributed by atoms with Crippen LogP contribution in [0.5, 0.6) is 11.5 Å². The molecule has 0 radical (unpaired) electrons. The summed E-state index contributed by atoms with van der Waals surface area (Å²) in [4.78, 5) is 12.0. The standard InChI is InChI=1S/C20H24ClNO3/c1-13-7-5-6-8-18(13)25-11-16(4)22-19(23)12-24-17-9-14(2)20(21)15(3)10-17/h5-10,16H,11-12H2,1-4H3,(H,22,23). The fourth-order valence-corrected chi connectivity index (χ4v) is 2.54. The summed E-state index contributed by atoms with van der Waals surface area (Å²) in [5.74, 6) is 1.27. The lowest BCUT2D eigenvalue weighted by Crippen LogP contribution is -2.39. The maximum Gasteiger partial charge on any atom is 0.258 e. The fraction of sp³-hybridized carbons (Fsp3) is 0.350. The van der Waals surface area contributed by atoms with Crippen LogP contribution in [-0.2, 0) is 4.79 Å². The van der Waals surface area contributed by atoms with E-state index in [0.29, 0.717) is 12.4 Å². The first-order chi connectivity index (χ1) is 11.9. The summed E-state index contributed by atoms with van der Waals surface area (Å²) in [7, 11) is 0. The van der Waals surface area contributed by atoms with E-state index in [1.807, 2.05) is 64.1 Å². The van der Waals surface area contributed by atoms with E-state index in [9.17, 15) is 4.79 Å². The number of benzene rings is 2. The molecule has 0 bridgehead atoms. The molecular formula is C20H24ClNO3. The summed E-state index contributed by atoms with van der Waals surface area (Å²) in [5.41, 5.74) is 2.92. The van der Waals surface area contributed by atoms with Crippen LogP contribution in [0.3, 0.4) is 0 Å². The first kappa shape index (κ1) is 19.1. The van der Waals surface area contributed by atoms with Crippen molar-refractivity contribution < 1.29 is 14.3 Å². The smallest absolute Gasteiger partial charge is 0.258 e. The Morgan fingerprint density at radius 1 is 1.08 bits per heavy atom. The molecule has 0 aromatic heterocycles. The molecular weight excluding hydrogens is 338 g/mol. The molecule has 0 aliphatic heterocycles. The van der Waals surface area contributed by atoms with Crippen LogP contribution in [0.2, 0.25) is 5.02 Å². The van der Waals surface area contributed by atoms with Crippen LogP contribution in [0, 0.1) is 20.8 Å². The lowest BCUT2D eigenvalue weighted by atomic mass is 10.1. The summed E-state index contributed by atoms with van der Waals surface area (Å²) in [5, 5.41) is 3.59. The van der Waals surface area contributed by atoms with Gasteiger partial charge in [-0.05, 0) is 62.6 Å². The van der Waals surface area contributed by atoms with Crippen LogP contribution < -0.4 is 14.8 Å². The van der Waals surface area contributed by atoms with Gasteiger partial charge in [0.05, 0.1) is 6.04 Å². The minimum absolute atomic E-state index is 0.0464. The van der Waals surface area contributed by atoms with Gasteiger partial charge in [0.25, 0.3) is 5.91 Å². The Morgan fingerprint density at radius 3 is 2.36 bits per heavy atom. The first-order valence-electron chi connectivity index (χ1n) is 8.24. The number of hydrogen-bond acceptors (Lipinski definition) is 3. The maximum atomic E-state index is 12.0. The van der Waals surface area contributed by atoms with E-state index in [-0.39, 0.29) is 18.6 Å². The van der Waals surface area contributed by atoms with Gasteiger partial charge in [0.1, 0.15) is 18.1 Å². The van der Waals surface area contributed by atoms with Crippen molar-refractivity contribution in [2.24, 2.45) is 0 Å². The molecule has 2 rings (SSSR count). The third kappa shape index (κ3) is 5.68. The molecule has 2 aromatic rings. The Balaban J connectivity index is 1.79. The highest BCUT2D eigenvalue weighted by Crippen LogP contribution is 2.25. The number of carbonyl (C=O) groups excluding carboxylic acids is 1. The van der Waals surface area contributed by atoms with E-state index in [2.05, 4.69) is 5.32 Å². The highest BCUT2D eigenvalue weighted by Gasteiger charge is 2.10. The lowest BCUT2D eigenvalue weighted by molar-refractivity contribution is -0.123. The van der Waals surface area contributed by atoms with Gasteiger partial charge in [-0.2, -0.15) is 0 Å². The third-order valence-electron chi connectivity index (χ3n) is 3.77. The van der Waals surface area contributed by atoms with Gasteiger partial charge in [-0.3, -0.25) is 4.79 Å². The normalized spacial score (nSPS) is 11.7. The Hall–Kier alpha value is -2.20. The van der Waals surface area contributed by atoms with Crippen molar-refractivity contribution >= 4 is 17.5 Å². The van der Waals surface area contributed by atoms with Crippen LogP contribution in [0.4, 0.5) is 0 Å². The average Bonchev–Trinajstić information content (AvgIpc) is 2.57. The van der Waals surface area contributed by atoms with Crippen molar-refractivity contribution in [3.8, 4) is 11.5 Å². The molecule has 0 saturated carbocycles. The van der Waals surface area contributed by atoms with Crippen molar-refractivity contribution in [1.29, 1.82) is 0 Å². The summed E-state index contributed by atoms with van der Waals surface area (Å²) >= 11 is 6.13. The van der Waals surface area contributed by atoms with E-state index in [1.54, 1.807) is 0 Å². The summed E-state index contributed by atoms with van der Waals surface area (Å²) < 4.78 is 11.3. The van der Waals surface area contributed by atoms with Gasteiger partial charge < -0.3 is 14.8 Å². The highest BCUT2D eigenvalue weighted by atomic mass is 35.5. The fourth-order valence-electron chi connectivity index (χ4n) is 2.43. The number of ether oxygens (including phenoxy) is 2. The predicted octanol–water partition coefficient (Wildman–Crippen LogP) is 4.23. The van der Waals surface area contributed by atoms with Crippen molar-refractivity contribution in [3.05, 3.63) is 58.1 Å². The highest BCUT2D eigenvalue weighted by molar-refractivity contribution is 6.32. The number of aryl methyl sites for hydroxylation is 3. The summed E-state index contributed by atoms with van der Waals surface area (Å²) in [6.45, 7) is 8.06. The molecule has 25 heavy (non-hydrogen) atoms. The molecule has 1 atom stereocenters. The number of hydrogen-bond donors (Lipinski definition) is 1. The minimum atomic E-state index is -0.189. The van der Waals surface area contributed by atoms with E-state index in [1.165, 1.54) is 0 Å². The second kappa shape index (κ2) is 8.77. The Kier molecular flexibility index (Phi) is 6.71. The van der Waals surface area contributed by atoms with Gasteiger partial charge in [0.2, 0.25) is 0 Å². The van der Waals surface area contributed by atoms with Gasteiger partial charge in [-0.1, -0.05) is 29.8 Å². The number of para-hydroxylation sites is 1.